The summed E-state index contributed by atoms with van der Waals surface area (Å²) in [5.41, 5.74) is 3.16. The smallest absolute Gasteiger partial charge is 0.272 e. The zero-order valence-corrected chi connectivity index (χ0v) is 24.7. The van der Waals surface area contributed by atoms with Crippen molar-refractivity contribution >= 4 is 79.3 Å². The molecule has 7 nitrogen and oxygen atoms in total. The number of nitrogens with one attached hydrogen (secondary N) is 3. The number of hydrogen-bond acceptors (Lipinski definition) is 7. The first-order valence-corrected chi connectivity index (χ1v) is 15.3. The van der Waals surface area contributed by atoms with Crippen LogP contribution in [-0.4, -0.2) is 28.0 Å². The van der Waals surface area contributed by atoms with Crippen molar-refractivity contribution in [3.8, 4) is 0 Å². The van der Waals surface area contributed by atoms with Crippen molar-refractivity contribution in [1.29, 1.82) is 0 Å². The van der Waals surface area contributed by atoms with Crippen molar-refractivity contribution in [3.05, 3.63) is 112 Å². The second-order valence-corrected chi connectivity index (χ2v) is 12.5. The summed E-state index contributed by atoms with van der Waals surface area (Å²) in [7, 11) is 0. The fraction of sp³-hybridized carbons (Fsp3) is 0.0968. The lowest BCUT2D eigenvalue weighted by molar-refractivity contribution is -0.115. The number of carbonyl (C=O) groups is 3. The first-order valence-electron chi connectivity index (χ1n) is 12.7. The molecule has 3 N–H and O–H groups in total. The SMILES string of the molecule is Cc1ccc2nc(NC(=O)C(C)Sc3ccc(NC(=O)/C(=C/c4cccs4)NC(=O)c4ccccc4)cc3)sc2c1. The molecule has 3 amide bonds. The van der Waals surface area contributed by atoms with Gasteiger partial charge >= 0.3 is 0 Å². The first kappa shape index (κ1) is 28.3. The van der Waals surface area contributed by atoms with Crippen LogP contribution in [0.4, 0.5) is 10.8 Å². The molecule has 41 heavy (non-hydrogen) atoms. The Morgan fingerprint density at radius 1 is 0.927 bits per heavy atom. The van der Waals surface area contributed by atoms with Gasteiger partial charge in [-0.05, 0) is 85.5 Å². The highest BCUT2D eigenvalue weighted by atomic mass is 32.2. The Bertz CT molecular complexity index is 1710. The van der Waals surface area contributed by atoms with Crippen LogP contribution >= 0.6 is 34.4 Å². The fourth-order valence-electron chi connectivity index (χ4n) is 3.82. The standard InChI is InChI=1S/C31H26N4O3S3/c1-19-10-15-25-27(17-19)41-31(34-25)35-28(36)20(2)40-23-13-11-22(12-14-23)32-30(38)26(18-24-9-6-16-39-24)33-29(37)21-7-4-3-5-8-21/h3-18,20H,1-2H3,(H,32,38)(H,33,37)(H,34,35,36)/b26-18-. The minimum absolute atomic E-state index is 0.134. The number of thiazole rings is 1. The molecule has 2 aromatic heterocycles. The van der Waals surface area contributed by atoms with E-state index in [1.54, 1.807) is 42.5 Å². The van der Waals surface area contributed by atoms with E-state index in [2.05, 4.69) is 27.0 Å². The summed E-state index contributed by atoms with van der Waals surface area (Å²) < 4.78 is 1.03. The zero-order chi connectivity index (χ0) is 28.8. The Morgan fingerprint density at radius 3 is 2.44 bits per heavy atom. The molecule has 0 spiro atoms. The highest BCUT2D eigenvalue weighted by molar-refractivity contribution is 8.00. The molecule has 0 aliphatic heterocycles. The third kappa shape index (κ3) is 7.49. The number of rotatable bonds is 9. The van der Waals surface area contributed by atoms with Crippen LogP contribution in [0.5, 0.6) is 0 Å². The van der Waals surface area contributed by atoms with Crippen molar-refractivity contribution < 1.29 is 14.4 Å². The van der Waals surface area contributed by atoms with Crippen molar-refractivity contribution in [1.82, 2.24) is 10.3 Å². The summed E-state index contributed by atoms with van der Waals surface area (Å²) >= 11 is 4.32. The van der Waals surface area contributed by atoms with Gasteiger partial charge in [-0.1, -0.05) is 41.7 Å². The molecule has 206 valence electrons. The Balaban J connectivity index is 1.21. The van der Waals surface area contributed by atoms with Gasteiger partial charge in [-0.25, -0.2) is 4.98 Å². The summed E-state index contributed by atoms with van der Waals surface area (Å²) in [5.74, 6) is -0.953. The molecule has 5 aromatic rings. The fourth-order valence-corrected chi connectivity index (χ4v) is 6.32. The Morgan fingerprint density at radius 2 is 1.71 bits per heavy atom. The molecule has 2 heterocycles. The molecule has 0 aliphatic carbocycles. The van der Waals surface area contributed by atoms with Gasteiger partial charge < -0.3 is 16.0 Å². The molecule has 0 fully saturated rings. The first-order chi connectivity index (χ1) is 19.8. The quantitative estimate of drug-likeness (QED) is 0.123. The third-order valence-corrected chi connectivity index (χ3v) is 8.79. The van der Waals surface area contributed by atoms with Crippen LogP contribution in [0.2, 0.25) is 0 Å². The number of anilines is 2. The van der Waals surface area contributed by atoms with Gasteiger partial charge in [-0.15, -0.1) is 23.1 Å². The number of carbonyl (C=O) groups excluding carboxylic acids is 3. The minimum Gasteiger partial charge on any atom is -0.321 e. The van der Waals surface area contributed by atoms with Crippen LogP contribution in [0.1, 0.15) is 27.7 Å². The number of aryl methyl sites for hydroxylation is 1. The highest BCUT2D eigenvalue weighted by Gasteiger charge is 2.18. The van der Waals surface area contributed by atoms with Crippen LogP contribution in [0.3, 0.4) is 0 Å². The van der Waals surface area contributed by atoms with Crippen LogP contribution in [0, 0.1) is 6.92 Å². The Kier molecular flexibility index (Phi) is 8.93. The maximum Gasteiger partial charge on any atom is 0.272 e. The van der Waals surface area contributed by atoms with Gasteiger partial charge in [0.1, 0.15) is 5.70 Å². The second-order valence-electron chi connectivity index (χ2n) is 9.11. The molecule has 3 aromatic carbocycles. The normalized spacial score (nSPS) is 12.1. The molecule has 0 saturated heterocycles. The predicted molar refractivity (Wildman–Crippen MR) is 170 cm³/mol. The van der Waals surface area contributed by atoms with Crippen LogP contribution in [0.15, 0.2) is 101 Å². The molecule has 10 heteroatoms. The molecule has 5 rings (SSSR count). The monoisotopic (exact) mass is 598 g/mol. The van der Waals surface area contributed by atoms with Gasteiger partial charge in [-0.3, -0.25) is 14.4 Å². The van der Waals surface area contributed by atoms with Crippen molar-refractivity contribution in [2.45, 2.75) is 24.0 Å². The average molecular weight is 599 g/mol. The van der Waals surface area contributed by atoms with E-state index >= 15 is 0 Å². The van der Waals surface area contributed by atoms with E-state index < -0.39 is 5.91 Å². The van der Waals surface area contributed by atoms with E-state index in [9.17, 15) is 14.4 Å². The minimum atomic E-state index is -0.443. The maximum atomic E-state index is 13.2. The number of aromatic nitrogens is 1. The molecular formula is C31H26N4O3S3. The van der Waals surface area contributed by atoms with E-state index in [-0.39, 0.29) is 22.8 Å². The molecule has 0 bridgehead atoms. The summed E-state index contributed by atoms with van der Waals surface area (Å²) in [6.45, 7) is 3.86. The molecule has 0 saturated carbocycles. The van der Waals surface area contributed by atoms with Gasteiger partial charge in [0.2, 0.25) is 5.91 Å². The summed E-state index contributed by atoms with van der Waals surface area (Å²) in [6, 6.07) is 25.7. The van der Waals surface area contributed by atoms with E-state index in [0.29, 0.717) is 16.4 Å². The molecular weight excluding hydrogens is 573 g/mol. The van der Waals surface area contributed by atoms with Crippen molar-refractivity contribution in [3.63, 3.8) is 0 Å². The second kappa shape index (κ2) is 12.9. The number of nitrogens with zero attached hydrogens (tertiary/aromatic N) is 1. The van der Waals surface area contributed by atoms with E-state index in [0.717, 1.165) is 25.6 Å². The van der Waals surface area contributed by atoms with Gasteiger partial charge in [-0.2, -0.15) is 0 Å². The number of thiophene rings is 1. The Labute approximate surface area is 249 Å². The molecule has 0 radical (unpaired) electrons. The van der Waals surface area contributed by atoms with Gasteiger partial charge in [0.25, 0.3) is 11.8 Å². The number of thioether (sulfide) groups is 1. The maximum absolute atomic E-state index is 13.2. The molecule has 1 atom stereocenters. The number of amides is 3. The predicted octanol–water partition coefficient (Wildman–Crippen LogP) is 7.20. The lowest BCUT2D eigenvalue weighted by atomic mass is 10.2. The van der Waals surface area contributed by atoms with Crippen LogP contribution in [0.25, 0.3) is 16.3 Å². The number of hydrogen-bond donors (Lipinski definition) is 3. The topological polar surface area (TPSA) is 100 Å². The summed E-state index contributed by atoms with van der Waals surface area (Å²) in [5, 5.41) is 10.6. The van der Waals surface area contributed by atoms with Crippen LogP contribution in [-0.2, 0) is 9.59 Å². The van der Waals surface area contributed by atoms with Crippen molar-refractivity contribution in [2.24, 2.45) is 0 Å². The average Bonchev–Trinajstić information content (AvgIpc) is 3.63. The van der Waals surface area contributed by atoms with E-state index in [1.807, 2.05) is 61.7 Å². The number of benzene rings is 3. The van der Waals surface area contributed by atoms with E-state index in [1.165, 1.54) is 34.4 Å². The number of fused-ring (bicyclic) bond motifs is 1. The molecule has 1 unspecified atom stereocenters. The van der Waals surface area contributed by atoms with Gasteiger partial charge in [0.15, 0.2) is 5.13 Å². The lowest BCUT2D eigenvalue weighted by Crippen LogP contribution is -2.30. The Hall–Kier alpha value is -4.25. The molecule has 0 aliphatic rings. The zero-order valence-electron chi connectivity index (χ0n) is 22.2. The van der Waals surface area contributed by atoms with Crippen LogP contribution < -0.4 is 16.0 Å². The van der Waals surface area contributed by atoms with Gasteiger partial charge in [0.05, 0.1) is 15.5 Å². The summed E-state index contributed by atoms with van der Waals surface area (Å²) in [4.78, 5) is 44.9. The lowest BCUT2D eigenvalue weighted by Gasteiger charge is -2.13. The largest absolute Gasteiger partial charge is 0.321 e. The highest BCUT2D eigenvalue weighted by Crippen LogP contribution is 2.29. The summed E-state index contributed by atoms with van der Waals surface area (Å²) in [6.07, 6.45) is 1.65. The third-order valence-electron chi connectivity index (χ3n) is 5.93. The van der Waals surface area contributed by atoms with Crippen molar-refractivity contribution in [2.75, 3.05) is 10.6 Å². The van der Waals surface area contributed by atoms with Gasteiger partial charge in [0, 0.05) is 21.0 Å². The van der Waals surface area contributed by atoms with E-state index in [4.69, 9.17) is 0 Å².